The topological polar surface area (TPSA) is 82.2 Å². The average molecular weight is 318 g/mol. The number of H-pyrrole nitrogens is 1. The van der Waals surface area contributed by atoms with Crippen molar-refractivity contribution in [3.63, 3.8) is 0 Å². The van der Waals surface area contributed by atoms with E-state index in [1.54, 1.807) is 6.20 Å². The second-order valence-corrected chi connectivity index (χ2v) is 5.81. The summed E-state index contributed by atoms with van der Waals surface area (Å²) in [6, 6.07) is 7.92. The van der Waals surface area contributed by atoms with Gasteiger partial charge in [0.2, 0.25) is 0 Å². The zero-order valence-electron chi connectivity index (χ0n) is 13.4. The molecule has 3 heterocycles. The number of hydrogen-bond donors (Lipinski definition) is 3. The van der Waals surface area contributed by atoms with Crippen LogP contribution in [-0.2, 0) is 0 Å². The van der Waals surface area contributed by atoms with Gasteiger partial charge in [-0.15, -0.1) is 0 Å². The number of hydrazone groups is 1. The molecule has 2 aromatic heterocycles. The number of rotatable bonds is 4. The van der Waals surface area contributed by atoms with Gasteiger partial charge in [0, 0.05) is 24.5 Å². The standard InChI is InChI=1S/C17H17BN5O/c1-18-10-2-3-12-13(8-10)15-14(5-6-19-17(15)24)22-16(12)20-9-11-4-7-21-23-11/h2-3,5-6,8,21H,4,7,9H2,1H3,(H,19,24)(H,20,22). The molecule has 1 aliphatic heterocycles. The number of pyridine rings is 2. The number of anilines is 1. The molecule has 119 valence electrons. The Hall–Kier alpha value is -2.83. The van der Waals surface area contributed by atoms with Crippen LogP contribution < -0.4 is 21.8 Å². The van der Waals surface area contributed by atoms with Gasteiger partial charge in [-0.3, -0.25) is 4.79 Å². The van der Waals surface area contributed by atoms with E-state index in [4.69, 9.17) is 0 Å². The third-order valence-electron chi connectivity index (χ3n) is 4.29. The smallest absolute Gasteiger partial charge is 0.258 e. The van der Waals surface area contributed by atoms with E-state index >= 15 is 0 Å². The molecular formula is C17H17BN5O. The Morgan fingerprint density at radius 1 is 1.29 bits per heavy atom. The van der Waals surface area contributed by atoms with Crippen molar-refractivity contribution in [2.45, 2.75) is 13.2 Å². The predicted octanol–water partition coefficient (Wildman–Crippen LogP) is 1.22. The van der Waals surface area contributed by atoms with Crippen LogP contribution in [0.15, 0.2) is 40.4 Å². The lowest BCUT2D eigenvalue weighted by atomic mass is 9.73. The second kappa shape index (κ2) is 6.00. The van der Waals surface area contributed by atoms with E-state index in [2.05, 4.69) is 25.8 Å². The van der Waals surface area contributed by atoms with Gasteiger partial charge in [0.25, 0.3) is 5.56 Å². The number of nitrogens with zero attached hydrogens (tertiary/aromatic N) is 2. The molecule has 4 rings (SSSR count). The van der Waals surface area contributed by atoms with Gasteiger partial charge in [0.1, 0.15) is 13.1 Å². The fraction of sp³-hybridized carbons (Fsp3) is 0.235. The van der Waals surface area contributed by atoms with Crippen LogP contribution in [0.4, 0.5) is 5.82 Å². The summed E-state index contributed by atoms with van der Waals surface area (Å²) in [6.07, 6.45) is 2.57. The van der Waals surface area contributed by atoms with Crippen molar-refractivity contribution >= 4 is 45.9 Å². The number of benzene rings is 1. The minimum atomic E-state index is -0.117. The molecule has 0 aliphatic carbocycles. The lowest BCUT2D eigenvalue weighted by Crippen LogP contribution is -2.16. The lowest BCUT2D eigenvalue weighted by Gasteiger charge is -2.12. The average Bonchev–Trinajstić information content (AvgIpc) is 3.12. The number of aromatic amines is 1. The fourth-order valence-corrected chi connectivity index (χ4v) is 3.03. The van der Waals surface area contributed by atoms with Gasteiger partial charge < -0.3 is 15.7 Å². The van der Waals surface area contributed by atoms with E-state index in [0.29, 0.717) is 17.4 Å². The first-order valence-corrected chi connectivity index (χ1v) is 8.03. The third kappa shape index (κ3) is 2.52. The van der Waals surface area contributed by atoms with Gasteiger partial charge in [-0.2, -0.15) is 5.10 Å². The molecule has 7 heteroatoms. The fourth-order valence-electron chi connectivity index (χ4n) is 3.03. The quantitative estimate of drug-likeness (QED) is 0.499. The van der Waals surface area contributed by atoms with E-state index in [-0.39, 0.29) is 5.56 Å². The van der Waals surface area contributed by atoms with Crippen molar-refractivity contribution in [1.82, 2.24) is 15.4 Å². The van der Waals surface area contributed by atoms with Crippen molar-refractivity contribution in [1.29, 1.82) is 0 Å². The summed E-state index contributed by atoms with van der Waals surface area (Å²) in [5.74, 6) is 0.778. The molecule has 0 fully saturated rings. The molecule has 24 heavy (non-hydrogen) atoms. The molecule has 1 radical (unpaired) electrons. The van der Waals surface area contributed by atoms with Crippen molar-refractivity contribution in [3.05, 3.63) is 40.8 Å². The Morgan fingerprint density at radius 3 is 3.00 bits per heavy atom. The van der Waals surface area contributed by atoms with Crippen LogP contribution in [0.3, 0.4) is 0 Å². The van der Waals surface area contributed by atoms with E-state index < -0.39 is 0 Å². The van der Waals surface area contributed by atoms with Crippen LogP contribution in [0.1, 0.15) is 6.42 Å². The van der Waals surface area contributed by atoms with E-state index in [0.717, 1.165) is 40.7 Å². The van der Waals surface area contributed by atoms with Crippen LogP contribution in [0.5, 0.6) is 0 Å². The van der Waals surface area contributed by atoms with E-state index in [1.165, 1.54) is 0 Å². The summed E-state index contributed by atoms with van der Waals surface area (Å²) in [4.78, 5) is 19.7. The normalized spacial score (nSPS) is 13.8. The highest BCUT2D eigenvalue weighted by atomic mass is 16.1. The molecular weight excluding hydrogens is 301 g/mol. The number of hydrogen-bond acceptors (Lipinski definition) is 5. The van der Waals surface area contributed by atoms with Crippen molar-refractivity contribution in [2.24, 2.45) is 5.10 Å². The first kappa shape index (κ1) is 14.7. The zero-order valence-corrected chi connectivity index (χ0v) is 13.4. The van der Waals surface area contributed by atoms with Crippen LogP contribution in [-0.4, -0.2) is 36.0 Å². The van der Waals surface area contributed by atoms with Crippen molar-refractivity contribution in [2.75, 3.05) is 18.4 Å². The maximum atomic E-state index is 12.3. The first-order valence-electron chi connectivity index (χ1n) is 8.03. The third-order valence-corrected chi connectivity index (χ3v) is 4.29. The summed E-state index contributed by atoms with van der Waals surface area (Å²) in [5.41, 5.74) is 5.70. The largest absolute Gasteiger partial charge is 0.364 e. The van der Waals surface area contributed by atoms with Gasteiger partial charge in [-0.1, -0.05) is 30.5 Å². The Bertz CT molecular complexity index is 1010. The summed E-state index contributed by atoms with van der Waals surface area (Å²) < 4.78 is 0. The molecule has 1 aromatic carbocycles. The maximum Gasteiger partial charge on any atom is 0.258 e. The highest BCUT2D eigenvalue weighted by Gasteiger charge is 2.13. The Morgan fingerprint density at radius 2 is 2.21 bits per heavy atom. The van der Waals surface area contributed by atoms with Crippen molar-refractivity contribution < 1.29 is 0 Å². The summed E-state index contributed by atoms with van der Waals surface area (Å²) in [5, 5.41) is 10.1. The minimum absolute atomic E-state index is 0.117. The number of fused-ring (bicyclic) bond motifs is 3. The molecule has 0 unspecified atom stereocenters. The molecule has 0 atom stereocenters. The van der Waals surface area contributed by atoms with Gasteiger partial charge >= 0.3 is 0 Å². The van der Waals surface area contributed by atoms with Crippen LogP contribution in [0.2, 0.25) is 6.82 Å². The summed E-state index contributed by atoms with van der Waals surface area (Å²) in [7, 11) is 2.02. The van der Waals surface area contributed by atoms with Crippen LogP contribution in [0, 0.1) is 0 Å². The molecule has 0 bridgehead atoms. The molecule has 0 spiro atoms. The molecule has 3 N–H and O–H groups in total. The monoisotopic (exact) mass is 318 g/mol. The molecule has 0 saturated heterocycles. The SMILES string of the molecule is C[B]c1ccc2c(NCC3=NNCC3)nc3cc[nH]c(=O)c3c2c1. The van der Waals surface area contributed by atoms with Crippen molar-refractivity contribution in [3.8, 4) is 0 Å². The predicted molar refractivity (Wildman–Crippen MR) is 99.7 cm³/mol. The molecule has 6 nitrogen and oxygen atoms in total. The maximum absolute atomic E-state index is 12.3. The van der Waals surface area contributed by atoms with Gasteiger partial charge in [0.15, 0.2) is 0 Å². The van der Waals surface area contributed by atoms with E-state index in [1.807, 2.05) is 38.4 Å². The van der Waals surface area contributed by atoms with Crippen LogP contribution in [0.25, 0.3) is 21.7 Å². The zero-order chi connectivity index (χ0) is 16.5. The molecule has 0 amide bonds. The minimum Gasteiger partial charge on any atom is -0.364 e. The molecule has 3 aromatic rings. The van der Waals surface area contributed by atoms with Gasteiger partial charge in [-0.25, -0.2) is 4.98 Å². The highest BCUT2D eigenvalue weighted by Crippen LogP contribution is 2.26. The van der Waals surface area contributed by atoms with Gasteiger partial charge in [0.05, 0.1) is 23.2 Å². The summed E-state index contributed by atoms with van der Waals surface area (Å²) >= 11 is 0. The summed E-state index contributed by atoms with van der Waals surface area (Å²) in [6.45, 7) is 3.51. The Labute approximate surface area is 139 Å². The van der Waals surface area contributed by atoms with Crippen LogP contribution >= 0.6 is 0 Å². The number of aromatic nitrogens is 2. The lowest BCUT2D eigenvalue weighted by molar-refractivity contribution is 0.813. The van der Waals surface area contributed by atoms with E-state index in [9.17, 15) is 4.79 Å². The molecule has 0 saturated carbocycles. The highest BCUT2D eigenvalue weighted by molar-refractivity contribution is 6.52. The second-order valence-electron chi connectivity index (χ2n) is 5.81. The van der Waals surface area contributed by atoms with Gasteiger partial charge in [-0.05, 0) is 11.5 Å². The first-order chi connectivity index (χ1) is 11.8. The number of nitrogens with one attached hydrogen (secondary N) is 3. The Balaban J connectivity index is 1.90. The molecule has 1 aliphatic rings. The Kier molecular flexibility index (Phi) is 3.68.